The molecule has 1 N–H and O–H groups in total. The van der Waals surface area contributed by atoms with Gasteiger partial charge < -0.3 is 14.6 Å². The number of phenolic OH excluding ortho intramolecular Hbond substituents is 1. The van der Waals surface area contributed by atoms with Crippen LogP contribution in [0.4, 0.5) is 13.2 Å². The number of hydrogen-bond donors (Lipinski definition) is 1. The molecular weight excluding hydrogens is 237 g/mol. The zero-order valence-electron chi connectivity index (χ0n) is 8.57. The molecule has 0 bridgehead atoms. The number of phenols is 1. The third-order valence-electron chi connectivity index (χ3n) is 2.66. The van der Waals surface area contributed by atoms with Crippen molar-refractivity contribution in [3.05, 3.63) is 23.8 Å². The Labute approximate surface area is 94.8 Å². The lowest BCUT2D eigenvalue weighted by Crippen LogP contribution is -2.39. The standard InChI is InChI=1S/C11H9F3O3/c12-11(13,14)10-3-6(5-15)8-4-7(16)1-2-9(8)17-10/h1-2,4-6,10,16H,3H2. The summed E-state index contributed by atoms with van der Waals surface area (Å²) in [6.07, 6.45) is -6.49. The van der Waals surface area contributed by atoms with Crippen LogP contribution in [0.5, 0.6) is 11.5 Å². The average molecular weight is 246 g/mol. The smallest absolute Gasteiger partial charge is 0.425 e. The molecule has 1 aliphatic heterocycles. The molecule has 0 radical (unpaired) electrons. The van der Waals surface area contributed by atoms with E-state index < -0.39 is 24.6 Å². The first kappa shape index (κ1) is 11.8. The van der Waals surface area contributed by atoms with Gasteiger partial charge in [0.05, 0.1) is 0 Å². The maximum atomic E-state index is 12.5. The van der Waals surface area contributed by atoms with E-state index in [9.17, 15) is 23.1 Å². The molecule has 0 fully saturated rings. The van der Waals surface area contributed by atoms with E-state index in [1.165, 1.54) is 18.2 Å². The number of carbonyl (C=O) groups is 1. The van der Waals surface area contributed by atoms with Gasteiger partial charge in [-0.3, -0.25) is 0 Å². The summed E-state index contributed by atoms with van der Waals surface area (Å²) in [6, 6.07) is 3.71. The fourth-order valence-corrected chi connectivity index (χ4v) is 1.82. The summed E-state index contributed by atoms with van der Waals surface area (Å²) < 4.78 is 42.4. The highest BCUT2D eigenvalue weighted by Crippen LogP contribution is 2.41. The number of aldehydes is 1. The molecule has 0 aromatic heterocycles. The molecule has 3 nitrogen and oxygen atoms in total. The number of alkyl halides is 3. The second-order valence-electron chi connectivity index (χ2n) is 3.85. The number of benzene rings is 1. The summed E-state index contributed by atoms with van der Waals surface area (Å²) in [6.45, 7) is 0. The van der Waals surface area contributed by atoms with Gasteiger partial charge >= 0.3 is 6.18 Å². The molecular formula is C11H9F3O3. The first-order valence-electron chi connectivity index (χ1n) is 4.93. The van der Waals surface area contributed by atoms with E-state index in [1.54, 1.807) is 0 Å². The number of ether oxygens (including phenoxy) is 1. The van der Waals surface area contributed by atoms with Crippen LogP contribution < -0.4 is 4.74 Å². The van der Waals surface area contributed by atoms with Crippen molar-refractivity contribution < 1.29 is 27.8 Å². The Balaban J connectivity index is 2.39. The number of fused-ring (bicyclic) bond motifs is 1. The normalized spacial score (nSPS) is 23.7. The van der Waals surface area contributed by atoms with E-state index in [0.717, 1.165) is 0 Å². The maximum absolute atomic E-state index is 12.5. The number of rotatable bonds is 1. The number of hydrogen-bond acceptors (Lipinski definition) is 3. The molecule has 2 rings (SSSR count). The number of aromatic hydroxyl groups is 1. The van der Waals surface area contributed by atoms with Crippen LogP contribution >= 0.6 is 0 Å². The number of halogens is 3. The van der Waals surface area contributed by atoms with Gasteiger partial charge in [0.25, 0.3) is 0 Å². The minimum absolute atomic E-state index is 0.00604. The van der Waals surface area contributed by atoms with Gasteiger partial charge in [0.1, 0.15) is 17.8 Å². The van der Waals surface area contributed by atoms with E-state index in [0.29, 0.717) is 11.8 Å². The van der Waals surface area contributed by atoms with Gasteiger partial charge in [-0.15, -0.1) is 0 Å². The van der Waals surface area contributed by atoms with Crippen molar-refractivity contribution in [1.82, 2.24) is 0 Å². The molecule has 2 atom stereocenters. The summed E-state index contributed by atoms with van der Waals surface area (Å²) in [4.78, 5) is 10.8. The van der Waals surface area contributed by atoms with E-state index >= 15 is 0 Å². The van der Waals surface area contributed by atoms with Crippen LogP contribution in [0.2, 0.25) is 0 Å². The van der Waals surface area contributed by atoms with Gasteiger partial charge in [-0.2, -0.15) is 13.2 Å². The molecule has 0 spiro atoms. The summed E-state index contributed by atoms with van der Waals surface area (Å²) in [7, 11) is 0. The molecule has 92 valence electrons. The van der Waals surface area contributed by atoms with Crippen LogP contribution in [0.25, 0.3) is 0 Å². The summed E-state index contributed by atoms with van der Waals surface area (Å²) in [5.74, 6) is -1.02. The monoisotopic (exact) mass is 246 g/mol. The molecule has 1 heterocycles. The lowest BCUT2D eigenvalue weighted by Gasteiger charge is -2.30. The Kier molecular flexibility index (Phi) is 2.73. The molecule has 0 saturated heterocycles. The van der Waals surface area contributed by atoms with Gasteiger partial charge in [0.15, 0.2) is 6.10 Å². The van der Waals surface area contributed by atoms with Gasteiger partial charge in [-0.05, 0) is 18.2 Å². The van der Waals surface area contributed by atoms with E-state index in [4.69, 9.17) is 4.74 Å². The highest BCUT2D eigenvalue weighted by Gasteiger charge is 2.46. The first-order valence-corrected chi connectivity index (χ1v) is 4.93. The topological polar surface area (TPSA) is 46.5 Å². The van der Waals surface area contributed by atoms with Crippen molar-refractivity contribution in [2.24, 2.45) is 0 Å². The Bertz CT molecular complexity index is 442. The molecule has 0 amide bonds. The second kappa shape index (κ2) is 3.94. The zero-order valence-corrected chi connectivity index (χ0v) is 8.57. The third-order valence-corrected chi connectivity index (χ3v) is 2.66. The lowest BCUT2D eigenvalue weighted by atomic mass is 9.90. The molecule has 1 aromatic carbocycles. The van der Waals surface area contributed by atoms with Crippen molar-refractivity contribution in [1.29, 1.82) is 0 Å². The molecule has 17 heavy (non-hydrogen) atoms. The van der Waals surface area contributed by atoms with Crippen molar-refractivity contribution in [3.63, 3.8) is 0 Å². The fourth-order valence-electron chi connectivity index (χ4n) is 1.82. The van der Waals surface area contributed by atoms with E-state index in [-0.39, 0.29) is 11.5 Å². The second-order valence-corrected chi connectivity index (χ2v) is 3.85. The minimum Gasteiger partial charge on any atom is -0.508 e. The Morgan fingerprint density at radius 2 is 2.12 bits per heavy atom. The molecule has 0 aliphatic carbocycles. The summed E-state index contributed by atoms with van der Waals surface area (Å²) >= 11 is 0. The van der Waals surface area contributed by atoms with Crippen molar-refractivity contribution in [2.45, 2.75) is 24.6 Å². The van der Waals surface area contributed by atoms with E-state index in [2.05, 4.69) is 0 Å². The Morgan fingerprint density at radius 1 is 1.41 bits per heavy atom. The average Bonchev–Trinajstić information content (AvgIpc) is 2.26. The highest BCUT2D eigenvalue weighted by molar-refractivity contribution is 5.66. The van der Waals surface area contributed by atoms with Crippen LogP contribution in [0, 0.1) is 0 Å². The van der Waals surface area contributed by atoms with Crippen LogP contribution in [0.15, 0.2) is 18.2 Å². The lowest BCUT2D eigenvalue weighted by molar-refractivity contribution is -0.200. The van der Waals surface area contributed by atoms with Crippen LogP contribution in [-0.4, -0.2) is 23.7 Å². The third kappa shape index (κ3) is 2.20. The largest absolute Gasteiger partial charge is 0.508 e. The van der Waals surface area contributed by atoms with Crippen molar-refractivity contribution in [3.8, 4) is 11.5 Å². The quantitative estimate of drug-likeness (QED) is 0.774. The van der Waals surface area contributed by atoms with Crippen molar-refractivity contribution >= 4 is 6.29 Å². The predicted molar refractivity (Wildman–Crippen MR) is 52.0 cm³/mol. The zero-order chi connectivity index (χ0) is 12.6. The highest BCUT2D eigenvalue weighted by atomic mass is 19.4. The van der Waals surface area contributed by atoms with Crippen LogP contribution in [-0.2, 0) is 4.79 Å². The van der Waals surface area contributed by atoms with Crippen molar-refractivity contribution in [2.75, 3.05) is 0 Å². The SMILES string of the molecule is O=CC1CC(C(F)(F)F)Oc2ccc(O)cc21. The van der Waals surface area contributed by atoms with E-state index in [1.807, 2.05) is 0 Å². The molecule has 1 aromatic rings. The van der Waals surface area contributed by atoms with Gasteiger partial charge in [0, 0.05) is 17.9 Å². The Morgan fingerprint density at radius 3 is 2.71 bits per heavy atom. The fraction of sp³-hybridized carbons (Fsp3) is 0.364. The maximum Gasteiger partial charge on any atom is 0.425 e. The molecule has 2 unspecified atom stereocenters. The van der Waals surface area contributed by atoms with Crippen LogP contribution in [0.3, 0.4) is 0 Å². The number of carbonyl (C=O) groups excluding carboxylic acids is 1. The summed E-state index contributed by atoms with van der Waals surface area (Å²) in [5.41, 5.74) is 0.292. The first-order chi connectivity index (χ1) is 7.91. The predicted octanol–water partition coefficient (Wildman–Crippen LogP) is 2.39. The molecule has 1 aliphatic rings. The summed E-state index contributed by atoms with van der Waals surface area (Å²) in [5, 5.41) is 9.23. The van der Waals surface area contributed by atoms with Gasteiger partial charge in [-0.25, -0.2) is 0 Å². The van der Waals surface area contributed by atoms with Gasteiger partial charge in [0.2, 0.25) is 0 Å². The Hall–Kier alpha value is -1.72. The molecule has 0 saturated carbocycles. The van der Waals surface area contributed by atoms with Gasteiger partial charge in [-0.1, -0.05) is 0 Å². The van der Waals surface area contributed by atoms with Crippen LogP contribution in [0.1, 0.15) is 17.9 Å². The minimum atomic E-state index is -4.50. The molecule has 6 heteroatoms.